The van der Waals surface area contributed by atoms with E-state index in [1.807, 2.05) is 30.3 Å². The first-order chi connectivity index (χ1) is 9.81. The molecule has 0 bridgehead atoms. The second-order valence-corrected chi connectivity index (χ2v) is 5.30. The molecule has 1 N–H and O–H groups in total. The monoisotopic (exact) mass is 265 g/mol. The maximum atomic E-state index is 12.6. The molecule has 100 valence electrons. The van der Waals surface area contributed by atoms with Crippen molar-refractivity contribution in [1.82, 2.24) is 0 Å². The van der Waals surface area contributed by atoms with Crippen LogP contribution in [0.2, 0.25) is 0 Å². The number of rotatable bonds is 2. The standard InChI is InChI=1S/C17H15NO2/c19-17(13-3-4-16-12(9-13)6-8-20-16)14-2-1-11-5-7-18-15(11)10-14/h1-4,9-10,18H,5-8H2. The topological polar surface area (TPSA) is 38.3 Å². The van der Waals surface area contributed by atoms with Crippen molar-refractivity contribution in [2.75, 3.05) is 18.5 Å². The summed E-state index contributed by atoms with van der Waals surface area (Å²) >= 11 is 0. The van der Waals surface area contributed by atoms with Gasteiger partial charge in [0.2, 0.25) is 0 Å². The molecule has 2 aliphatic heterocycles. The minimum atomic E-state index is 0.0798. The van der Waals surface area contributed by atoms with Crippen LogP contribution in [0.5, 0.6) is 5.75 Å². The van der Waals surface area contributed by atoms with E-state index >= 15 is 0 Å². The molecule has 0 aromatic heterocycles. The molecule has 3 nitrogen and oxygen atoms in total. The van der Waals surface area contributed by atoms with Crippen molar-refractivity contribution in [2.45, 2.75) is 12.8 Å². The predicted octanol–water partition coefficient (Wildman–Crippen LogP) is 2.82. The SMILES string of the molecule is O=C(c1ccc2c(c1)CCO2)c1ccc2c(c1)NCC2. The van der Waals surface area contributed by atoms with Crippen LogP contribution in [-0.4, -0.2) is 18.9 Å². The van der Waals surface area contributed by atoms with Crippen molar-refractivity contribution in [3.05, 3.63) is 58.7 Å². The molecule has 0 saturated heterocycles. The quantitative estimate of drug-likeness (QED) is 0.849. The van der Waals surface area contributed by atoms with Crippen LogP contribution in [0.1, 0.15) is 27.0 Å². The first-order valence-corrected chi connectivity index (χ1v) is 6.98. The normalized spacial score (nSPS) is 15.2. The number of benzene rings is 2. The highest BCUT2D eigenvalue weighted by Crippen LogP contribution is 2.28. The molecule has 20 heavy (non-hydrogen) atoms. The number of hydrogen-bond acceptors (Lipinski definition) is 3. The summed E-state index contributed by atoms with van der Waals surface area (Å²) in [5.41, 5.74) is 5.02. The summed E-state index contributed by atoms with van der Waals surface area (Å²) in [4.78, 5) is 12.6. The lowest BCUT2D eigenvalue weighted by atomic mass is 9.99. The van der Waals surface area contributed by atoms with Gasteiger partial charge in [-0.1, -0.05) is 12.1 Å². The third kappa shape index (κ3) is 1.78. The van der Waals surface area contributed by atoms with Crippen LogP contribution in [0.25, 0.3) is 0 Å². The Balaban J connectivity index is 1.70. The highest BCUT2D eigenvalue weighted by Gasteiger charge is 2.18. The van der Waals surface area contributed by atoms with Crippen molar-refractivity contribution < 1.29 is 9.53 Å². The number of nitrogens with one attached hydrogen (secondary N) is 1. The Bertz CT molecular complexity index is 647. The Morgan fingerprint density at radius 3 is 2.80 bits per heavy atom. The summed E-state index contributed by atoms with van der Waals surface area (Å²) in [6.45, 7) is 1.68. The van der Waals surface area contributed by atoms with Crippen LogP contribution in [0.3, 0.4) is 0 Å². The Labute approximate surface area is 117 Å². The Morgan fingerprint density at radius 1 is 1.00 bits per heavy atom. The number of carbonyl (C=O) groups is 1. The molecule has 0 radical (unpaired) electrons. The zero-order valence-corrected chi connectivity index (χ0v) is 11.1. The number of hydrogen-bond donors (Lipinski definition) is 1. The molecule has 0 unspecified atom stereocenters. The third-order valence-corrected chi connectivity index (χ3v) is 4.03. The van der Waals surface area contributed by atoms with Gasteiger partial charge < -0.3 is 10.1 Å². The van der Waals surface area contributed by atoms with Gasteiger partial charge >= 0.3 is 0 Å². The molecule has 0 spiro atoms. The minimum Gasteiger partial charge on any atom is -0.493 e. The molecule has 0 fully saturated rings. The summed E-state index contributed by atoms with van der Waals surface area (Å²) in [5, 5.41) is 3.32. The van der Waals surface area contributed by atoms with Crippen molar-refractivity contribution in [3.63, 3.8) is 0 Å². The molecule has 2 aromatic carbocycles. The van der Waals surface area contributed by atoms with Crippen LogP contribution >= 0.6 is 0 Å². The average molecular weight is 265 g/mol. The zero-order chi connectivity index (χ0) is 13.5. The number of ketones is 1. The van der Waals surface area contributed by atoms with E-state index in [0.29, 0.717) is 0 Å². The third-order valence-electron chi connectivity index (χ3n) is 4.03. The van der Waals surface area contributed by atoms with E-state index < -0.39 is 0 Å². The highest BCUT2D eigenvalue weighted by molar-refractivity contribution is 6.09. The number of fused-ring (bicyclic) bond motifs is 2. The molecule has 2 aliphatic rings. The fourth-order valence-corrected chi connectivity index (χ4v) is 2.93. The molecular formula is C17H15NO2. The maximum Gasteiger partial charge on any atom is 0.193 e. The predicted molar refractivity (Wildman–Crippen MR) is 77.7 cm³/mol. The second kappa shape index (κ2) is 4.37. The van der Waals surface area contributed by atoms with Crippen LogP contribution in [0.4, 0.5) is 5.69 Å². The average Bonchev–Trinajstić information content (AvgIpc) is 3.13. The van der Waals surface area contributed by atoms with E-state index in [4.69, 9.17) is 4.74 Å². The van der Waals surface area contributed by atoms with Gasteiger partial charge in [-0.05, 0) is 41.8 Å². The molecular weight excluding hydrogens is 250 g/mol. The van der Waals surface area contributed by atoms with Gasteiger partial charge in [0.15, 0.2) is 5.78 Å². The van der Waals surface area contributed by atoms with Gasteiger partial charge in [0.05, 0.1) is 6.61 Å². The van der Waals surface area contributed by atoms with Gasteiger partial charge in [-0.3, -0.25) is 4.79 Å². The number of carbonyl (C=O) groups excluding carboxylic acids is 1. The van der Waals surface area contributed by atoms with Crippen LogP contribution in [-0.2, 0) is 12.8 Å². The molecule has 2 heterocycles. The lowest BCUT2D eigenvalue weighted by Crippen LogP contribution is -2.02. The summed E-state index contributed by atoms with van der Waals surface area (Å²) in [6.07, 6.45) is 1.93. The van der Waals surface area contributed by atoms with Crippen molar-refractivity contribution in [1.29, 1.82) is 0 Å². The van der Waals surface area contributed by atoms with Gasteiger partial charge in [0.25, 0.3) is 0 Å². The summed E-state index contributed by atoms with van der Waals surface area (Å²) in [7, 11) is 0. The molecule has 0 saturated carbocycles. The largest absolute Gasteiger partial charge is 0.493 e. The number of ether oxygens (including phenoxy) is 1. The lowest BCUT2D eigenvalue weighted by molar-refractivity contribution is 0.103. The molecule has 0 atom stereocenters. The second-order valence-electron chi connectivity index (χ2n) is 5.30. The van der Waals surface area contributed by atoms with E-state index in [0.717, 1.165) is 54.1 Å². The first-order valence-electron chi connectivity index (χ1n) is 6.98. The van der Waals surface area contributed by atoms with Gasteiger partial charge in [-0.2, -0.15) is 0 Å². The summed E-state index contributed by atoms with van der Waals surface area (Å²) < 4.78 is 5.48. The van der Waals surface area contributed by atoms with Gasteiger partial charge in [0, 0.05) is 29.8 Å². The van der Waals surface area contributed by atoms with Crippen LogP contribution in [0.15, 0.2) is 36.4 Å². The Morgan fingerprint density at radius 2 is 1.85 bits per heavy atom. The fraction of sp³-hybridized carbons (Fsp3) is 0.235. The van der Waals surface area contributed by atoms with Gasteiger partial charge in [-0.25, -0.2) is 0 Å². The lowest BCUT2D eigenvalue weighted by Gasteiger charge is -2.06. The molecule has 3 heteroatoms. The Hall–Kier alpha value is -2.29. The van der Waals surface area contributed by atoms with Gasteiger partial charge in [-0.15, -0.1) is 0 Å². The minimum absolute atomic E-state index is 0.0798. The number of anilines is 1. The van der Waals surface area contributed by atoms with Crippen molar-refractivity contribution >= 4 is 11.5 Å². The fourth-order valence-electron chi connectivity index (χ4n) is 2.93. The summed E-state index contributed by atoms with van der Waals surface area (Å²) in [6, 6.07) is 11.7. The van der Waals surface area contributed by atoms with Crippen LogP contribution in [0, 0.1) is 0 Å². The van der Waals surface area contributed by atoms with E-state index in [-0.39, 0.29) is 5.78 Å². The maximum absolute atomic E-state index is 12.6. The highest BCUT2D eigenvalue weighted by atomic mass is 16.5. The smallest absolute Gasteiger partial charge is 0.193 e. The van der Waals surface area contributed by atoms with E-state index in [1.165, 1.54) is 5.56 Å². The van der Waals surface area contributed by atoms with Crippen LogP contribution < -0.4 is 10.1 Å². The van der Waals surface area contributed by atoms with Crippen molar-refractivity contribution in [2.24, 2.45) is 0 Å². The zero-order valence-electron chi connectivity index (χ0n) is 11.1. The van der Waals surface area contributed by atoms with Crippen molar-refractivity contribution in [3.8, 4) is 5.75 Å². The van der Waals surface area contributed by atoms with E-state index in [1.54, 1.807) is 0 Å². The van der Waals surface area contributed by atoms with E-state index in [9.17, 15) is 4.79 Å². The van der Waals surface area contributed by atoms with Gasteiger partial charge in [0.1, 0.15) is 5.75 Å². The molecule has 2 aromatic rings. The summed E-state index contributed by atoms with van der Waals surface area (Å²) in [5.74, 6) is 0.994. The molecule has 0 aliphatic carbocycles. The molecule has 0 amide bonds. The van der Waals surface area contributed by atoms with E-state index in [2.05, 4.69) is 11.4 Å². The molecule has 4 rings (SSSR count). The Kier molecular flexibility index (Phi) is 2.52. The first kappa shape index (κ1) is 11.5.